The number of carbonyl (C=O) groups is 1. The van der Waals surface area contributed by atoms with E-state index in [9.17, 15) is 4.79 Å². The van der Waals surface area contributed by atoms with E-state index in [4.69, 9.17) is 5.73 Å². The molecule has 0 bridgehead atoms. The van der Waals surface area contributed by atoms with Crippen molar-refractivity contribution in [2.75, 3.05) is 0 Å². The highest BCUT2D eigenvalue weighted by Gasteiger charge is 2.45. The van der Waals surface area contributed by atoms with Gasteiger partial charge < -0.3 is 5.73 Å². The molecule has 114 valence electrons. The Kier molecular flexibility index (Phi) is 4.36. The monoisotopic (exact) mass is 350 g/mol. The number of nitrogens with two attached hydrogens (primary N) is 1. The standard InChI is InChI=1S/C17H23BrN2O/c18-15-9-5-8-14-13(15)10-11-17(14,16(19)21)20-12-6-3-1-2-4-7-12/h5,8-9,12,20H,1-4,6-7,10-11H2,(H2,19,21). The molecule has 2 aliphatic rings. The molecule has 1 amide bonds. The highest BCUT2D eigenvalue weighted by molar-refractivity contribution is 9.10. The highest BCUT2D eigenvalue weighted by Crippen LogP contribution is 2.41. The summed E-state index contributed by atoms with van der Waals surface area (Å²) < 4.78 is 1.09. The zero-order valence-corrected chi connectivity index (χ0v) is 13.9. The van der Waals surface area contributed by atoms with Crippen molar-refractivity contribution in [3.8, 4) is 0 Å². The third kappa shape index (κ3) is 2.76. The average Bonchev–Trinajstić information content (AvgIpc) is 2.66. The summed E-state index contributed by atoms with van der Waals surface area (Å²) in [7, 11) is 0. The van der Waals surface area contributed by atoms with Gasteiger partial charge in [0.1, 0.15) is 5.54 Å². The molecule has 0 heterocycles. The Morgan fingerprint density at radius 3 is 2.62 bits per heavy atom. The molecule has 3 rings (SSSR count). The van der Waals surface area contributed by atoms with Crippen molar-refractivity contribution in [1.29, 1.82) is 0 Å². The summed E-state index contributed by atoms with van der Waals surface area (Å²) in [4.78, 5) is 12.3. The molecule has 0 aliphatic heterocycles. The van der Waals surface area contributed by atoms with E-state index in [-0.39, 0.29) is 5.91 Å². The Bertz CT molecular complexity index is 538. The van der Waals surface area contributed by atoms with Gasteiger partial charge in [0, 0.05) is 10.5 Å². The van der Waals surface area contributed by atoms with Crippen LogP contribution < -0.4 is 11.1 Å². The number of rotatable bonds is 3. The second-order valence-corrected chi connectivity index (χ2v) is 7.22. The number of hydrogen-bond donors (Lipinski definition) is 2. The maximum atomic E-state index is 12.3. The lowest BCUT2D eigenvalue weighted by molar-refractivity contribution is -0.125. The first-order valence-electron chi connectivity index (χ1n) is 7.99. The van der Waals surface area contributed by atoms with Gasteiger partial charge in [-0.2, -0.15) is 0 Å². The van der Waals surface area contributed by atoms with Crippen LogP contribution in [0.1, 0.15) is 56.1 Å². The number of benzene rings is 1. The molecule has 0 spiro atoms. The molecule has 3 nitrogen and oxygen atoms in total. The van der Waals surface area contributed by atoms with Gasteiger partial charge in [0.05, 0.1) is 0 Å². The SMILES string of the molecule is NC(=O)C1(NC2CCCCCC2)CCc2c(Br)cccc21. The Morgan fingerprint density at radius 1 is 1.24 bits per heavy atom. The van der Waals surface area contributed by atoms with Crippen LogP contribution in [0.3, 0.4) is 0 Å². The summed E-state index contributed by atoms with van der Waals surface area (Å²) >= 11 is 3.61. The minimum atomic E-state index is -0.673. The van der Waals surface area contributed by atoms with E-state index in [0.717, 1.165) is 35.7 Å². The number of hydrogen-bond acceptors (Lipinski definition) is 2. The molecule has 2 aliphatic carbocycles. The maximum absolute atomic E-state index is 12.3. The molecule has 1 atom stereocenters. The van der Waals surface area contributed by atoms with Crippen molar-refractivity contribution in [3.05, 3.63) is 33.8 Å². The molecule has 1 unspecified atom stereocenters. The third-order valence-electron chi connectivity index (χ3n) is 5.05. The number of fused-ring (bicyclic) bond motifs is 1. The molecule has 4 heteroatoms. The summed E-state index contributed by atoms with van der Waals surface area (Å²) in [5.74, 6) is -0.233. The summed E-state index contributed by atoms with van der Waals surface area (Å²) in [6, 6.07) is 6.51. The number of carbonyl (C=O) groups excluding carboxylic acids is 1. The molecular formula is C17H23BrN2O. The fourth-order valence-electron chi connectivity index (χ4n) is 3.91. The lowest BCUT2D eigenvalue weighted by Gasteiger charge is -2.33. The van der Waals surface area contributed by atoms with Gasteiger partial charge in [0.2, 0.25) is 5.91 Å². The second-order valence-electron chi connectivity index (χ2n) is 6.37. The Balaban J connectivity index is 1.92. The van der Waals surface area contributed by atoms with Crippen molar-refractivity contribution >= 4 is 21.8 Å². The highest BCUT2D eigenvalue weighted by atomic mass is 79.9. The van der Waals surface area contributed by atoms with Crippen molar-refractivity contribution in [2.45, 2.75) is 62.9 Å². The van der Waals surface area contributed by atoms with Crippen LogP contribution in [-0.2, 0) is 16.8 Å². The van der Waals surface area contributed by atoms with Crippen LogP contribution in [0.15, 0.2) is 22.7 Å². The van der Waals surface area contributed by atoms with Crippen molar-refractivity contribution < 1.29 is 4.79 Å². The fourth-order valence-corrected chi connectivity index (χ4v) is 4.47. The van der Waals surface area contributed by atoms with E-state index in [1.54, 1.807) is 0 Å². The average molecular weight is 351 g/mol. The van der Waals surface area contributed by atoms with Crippen LogP contribution in [-0.4, -0.2) is 11.9 Å². The van der Waals surface area contributed by atoms with Gasteiger partial charge in [0.25, 0.3) is 0 Å². The van der Waals surface area contributed by atoms with Gasteiger partial charge in [-0.25, -0.2) is 0 Å². The topological polar surface area (TPSA) is 55.1 Å². The largest absolute Gasteiger partial charge is 0.368 e. The molecule has 0 aromatic heterocycles. The minimum Gasteiger partial charge on any atom is -0.368 e. The molecule has 1 aromatic carbocycles. The van der Waals surface area contributed by atoms with Gasteiger partial charge in [-0.3, -0.25) is 10.1 Å². The molecule has 21 heavy (non-hydrogen) atoms. The zero-order valence-electron chi connectivity index (χ0n) is 12.3. The Morgan fingerprint density at radius 2 is 1.95 bits per heavy atom. The van der Waals surface area contributed by atoms with Gasteiger partial charge >= 0.3 is 0 Å². The van der Waals surface area contributed by atoms with Crippen LogP contribution in [0, 0.1) is 0 Å². The first kappa shape index (κ1) is 15.0. The quantitative estimate of drug-likeness (QED) is 0.821. The Hall–Kier alpha value is -0.870. The zero-order chi connectivity index (χ0) is 14.9. The van der Waals surface area contributed by atoms with Crippen LogP contribution in [0.2, 0.25) is 0 Å². The van der Waals surface area contributed by atoms with Crippen LogP contribution in [0.5, 0.6) is 0 Å². The van der Waals surface area contributed by atoms with Gasteiger partial charge in [-0.05, 0) is 42.9 Å². The van der Waals surface area contributed by atoms with E-state index >= 15 is 0 Å². The molecule has 0 radical (unpaired) electrons. The summed E-state index contributed by atoms with van der Waals surface area (Å²) in [6.07, 6.45) is 9.09. The molecule has 1 aromatic rings. The second kappa shape index (κ2) is 6.09. The van der Waals surface area contributed by atoms with Crippen LogP contribution >= 0.6 is 15.9 Å². The van der Waals surface area contributed by atoms with E-state index in [1.807, 2.05) is 12.1 Å². The van der Waals surface area contributed by atoms with Crippen molar-refractivity contribution in [3.63, 3.8) is 0 Å². The van der Waals surface area contributed by atoms with Gasteiger partial charge in [-0.15, -0.1) is 0 Å². The number of amides is 1. The number of nitrogens with one attached hydrogen (secondary N) is 1. The van der Waals surface area contributed by atoms with Gasteiger partial charge in [0.15, 0.2) is 0 Å². The van der Waals surface area contributed by atoms with Crippen LogP contribution in [0.4, 0.5) is 0 Å². The summed E-state index contributed by atoms with van der Waals surface area (Å²) in [6.45, 7) is 0. The molecular weight excluding hydrogens is 328 g/mol. The predicted molar refractivity (Wildman–Crippen MR) is 88.0 cm³/mol. The molecule has 3 N–H and O–H groups in total. The fraction of sp³-hybridized carbons (Fsp3) is 0.588. The van der Waals surface area contributed by atoms with Crippen molar-refractivity contribution in [2.24, 2.45) is 5.73 Å². The third-order valence-corrected chi connectivity index (χ3v) is 5.80. The first-order chi connectivity index (χ1) is 10.1. The van der Waals surface area contributed by atoms with Crippen molar-refractivity contribution in [1.82, 2.24) is 5.32 Å². The Labute approximate surface area is 134 Å². The van der Waals surface area contributed by atoms with E-state index < -0.39 is 5.54 Å². The molecule has 0 saturated heterocycles. The lowest BCUT2D eigenvalue weighted by atomic mass is 9.89. The normalized spacial score (nSPS) is 26.3. The minimum absolute atomic E-state index is 0.233. The lowest BCUT2D eigenvalue weighted by Crippen LogP contribution is -2.54. The predicted octanol–water partition coefficient (Wildman–Crippen LogP) is 3.39. The van der Waals surface area contributed by atoms with Gasteiger partial charge in [-0.1, -0.05) is 53.7 Å². The number of halogens is 1. The maximum Gasteiger partial charge on any atom is 0.242 e. The summed E-state index contributed by atoms with van der Waals surface area (Å²) in [5.41, 5.74) is 7.48. The van der Waals surface area contributed by atoms with E-state index in [2.05, 4.69) is 27.3 Å². The van der Waals surface area contributed by atoms with E-state index in [0.29, 0.717) is 6.04 Å². The first-order valence-corrected chi connectivity index (χ1v) is 8.78. The smallest absolute Gasteiger partial charge is 0.242 e. The van der Waals surface area contributed by atoms with Crippen LogP contribution in [0.25, 0.3) is 0 Å². The summed E-state index contributed by atoms with van der Waals surface area (Å²) in [5, 5.41) is 3.66. The number of primary amides is 1. The van der Waals surface area contributed by atoms with E-state index in [1.165, 1.54) is 31.2 Å². The molecule has 1 saturated carbocycles. The molecule has 1 fully saturated rings.